The van der Waals surface area contributed by atoms with Crippen LogP contribution in [0.2, 0.25) is 0 Å². The maximum Gasteiger partial charge on any atom is 0.189 e. The van der Waals surface area contributed by atoms with E-state index in [4.69, 9.17) is 19.3 Å². The van der Waals surface area contributed by atoms with Crippen molar-refractivity contribution in [3.05, 3.63) is 59.7 Å². The number of methoxy groups -OCH3 is 1. The summed E-state index contributed by atoms with van der Waals surface area (Å²) in [5.41, 5.74) is 1.87. The van der Waals surface area contributed by atoms with Crippen LogP contribution in [-0.4, -0.2) is 19.0 Å². The Hall–Kier alpha value is -2.04. The summed E-state index contributed by atoms with van der Waals surface area (Å²) in [7, 11) is 1.56. The first-order valence-electron chi connectivity index (χ1n) is 6.35. The predicted octanol–water partition coefficient (Wildman–Crippen LogP) is 2.74. The lowest BCUT2D eigenvalue weighted by atomic mass is 10.2. The molecule has 0 radical (unpaired) electrons. The summed E-state index contributed by atoms with van der Waals surface area (Å²) in [6, 6.07) is 15.2. The van der Waals surface area contributed by atoms with Crippen LogP contribution >= 0.6 is 0 Å². The van der Waals surface area contributed by atoms with Crippen molar-refractivity contribution in [3.8, 4) is 11.5 Å². The van der Waals surface area contributed by atoms with E-state index in [-0.39, 0.29) is 13.4 Å². The number of benzene rings is 2. The van der Waals surface area contributed by atoms with Gasteiger partial charge in [0, 0.05) is 0 Å². The van der Waals surface area contributed by atoms with Gasteiger partial charge in [-0.3, -0.25) is 0 Å². The highest BCUT2D eigenvalue weighted by molar-refractivity contribution is 5.42. The molecule has 2 rings (SSSR count). The van der Waals surface area contributed by atoms with Gasteiger partial charge in [-0.1, -0.05) is 36.4 Å². The first kappa shape index (κ1) is 14.4. The number of aliphatic hydroxyl groups is 1. The second-order valence-corrected chi connectivity index (χ2v) is 4.24. The average Bonchev–Trinajstić information content (AvgIpc) is 2.52. The van der Waals surface area contributed by atoms with Gasteiger partial charge in [0.1, 0.15) is 0 Å². The van der Waals surface area contributed by atoms with Crippen molar-refractivity contribution >= 4 is 0 Å². The van der Waals surface area contributed by atoms with Gasteiger partial charge in [0.25, 0.3) is 0 Å². The molecule has 0 heterocycles. The lowest BCUT2D eigenvalue weighted by Gasteiger charge is -2.12. The van der Waals surface area contributed by atoms with Crippen LogP contribution in [0.25, 0.3) is 0 Å². The van der Waals surface area contributed by atoms with Crippen LogP contribution in [0.3, 0.4) is 0 Å². The minimum Gasteiger partial charge on any atom is -0.493 e. The third-order valence-corrected chi connectivity index (χ3v) is 2.82. The molecule has 0 unspecified atom stereocenters. The molecule has 4 nitrogen and oxygen atoms in total. The molecule has 0 atom stereocenters. The van der Waals surface area contributed by atoms with Crippen LogP contribution in [-0.2, 0) is 18.0 Å². The normalized spacial score (nSPS) is 10.3. The number of rotatable bonds is 7. The highest BCUT2D eigenvalue weighted by Crippen LogP contribution is 2.28. The molecule has 0 aliphatic heterocycles. The minimum atomic E-state index is -0.0266. The third kappa shape index (κ3) is 3.98. The Kier molecular flexibility index (Phi) is 5.41. The second-order valence-electron chi connectivity index (χ2n) is 4.24. The molecule has 0 aromatic heterocycles. The molecular formula is C16H18O4. The number of ether oxygens (including phenoxy) is 3. The van der Waals surface area contributed by atoms with Crippen molar-refractivity contribution in [3.63, 3.8) is 0 Å². The zero-order valence-corrected chi connectivity index (χ0v) is 11.4. The summed E-state index contributed by atoms with van der Waals surface area (Å²) in [6.07, 6.45) is 0. The third-order valence-electron chi connectivity index (χ3n) is 2.82. The fourth-order valence-corrected chi connectivity index (χ4v) is 1.77. The van der Waals surface area contributed by atoms with Gasteiger partial charge in [-0.2, -0.15) is 0 Å². The van der Waals surface area contributed by atoms with E-state index in [0.29, 0.717) is 18.1 Å². The predicted molar refractivity (Wildman–Crippen MR) is 75.6 cm³/mol. The molecule has 0 aliphatic rings. The summed E-state index contributed by atoms with van der Waals surface area (Å²) in [6.45, 7) is 0.614. The highest BCUT2D eigenvalue weighted by Gasteiger charge is 2.05. The Morgan fingerprint density at radius 3 is 2.45 bits per heavy atom. The van der Waals surface area contributed by atoms with E-state index in [2.05, 4.69) is 0 Å². The van der Waals surface area contributed by atoms with E-state index in [1.807, 2.05) is 30.3 Å². The molecule has 0 saturated heterocycles. The van der Waals surface area contributed by atoms with Crippen LogP contribution < -0.4 is 9.47 Å². The van der Waals surface area contributed by atoms with Crippen molar-refractivity contribution in [2.24, 2.45) is 0 Å². The van der Waals surface area contributed by atoms with Gasteiger partial charge in [0.05, 0.1) is 20.3 Å². The second kappa shape index (κ2) is 7.53. The first-order valence-corrected chi connectivity index (χ1v) is 6.35. The zero-order chi connectivity index (χ0) is 14.2. The van der Waals surface area contributed by atoms with Crippen LogP contribution in [0.15, 0.2) is 48.5 Å². The number of aliphatic hydroxyl groups excluding tert-OH is 1. The zero-order valence-electron chi connectivity index (χ0n) is 11.4. The monoisotopic (exact) mass is 274 g/mol. The molecule has 0 fully saturated rings. The highest BCUT2D eigenvalue weighted by atomic mass is 16.7. The largest absolute Gasteiger partial charge is 0.493 e. The number of hydrogen-bond donors (Lipinski definition) is 1. The summed E-state index contributed by atoms with van der Waals surface area (Å²) in [5.74, 6) is 1.18. The van der Waals surface area contributed by atoms with E-state index in [0.717, 1.165) is 11.1 Å². The van der Waals surface area contributed by atoms with Gasteiger partial charge in [-0.05, 0) is 23.3 Å². The van der Waals surface area contributed by atoms with Gasteiger partial charge in [0.15, 0.2) is 18.3 Å². The summed E-state index contributed by atoms with van der Waals surface area (Å²) in [5, 5.41) is 9.07. The minimum absolute atomic E-state index is 0.0266. The molecule has 0 amide bonds. The molecule has 0 spiro atoms. The topological polar surface area (TPSA) is 47.9 Å². The lowest BCUT2D eigenvalue weighted by Crippen LogP contribution is -2.04. The van der Waals surface area contributed by atoms with Crippen molar-refractivity contribution in [2.75, 3.05) is 13.9 Å². The van der Waals surface area contributed by atoms with Gasteiger partial charge in [-0.25, -0.2) is 0 Å². The van der Waals surface area contributed by atoms with Gasteiger partial charge >= 0.3 is 0 Å². The molecule has 2 aromatic rings. The number of hydrogen-bond acceptors (Lipinski definition) is 4. The molecule has 0 saturated carbocycles. The first-order chi connectivity index (χ1) is 9.83. The summed E-state index contributed by atoms with van der Waals surface area (Å²) >= 11 is 0. The lowest BCUT2D eigenvalue weighted by molar-refractivity contribution is 0.00374. The van der Waals surface area contributed by atoms with E-state index < -0.39 is 0 Å². The summed E-state index contributed by atoms with van der Waals surface area (Å²) < 4.78 is 16.2. The Bertz CT molecular complexity index is 525. The molecule has 4 heteroatoms. The van der Waals surface area contributed by atoms with Crippen LogP contribution in [0.4, 0.5) is 0 Å². The van der Waals surface area contributed by atoms with Crippen LogP contribution in [0.1, 0.15) is 11.1 Å². The van der Waals surface area contributed by atoms with Gasteiger partial charge in [-0.15, -0.1) is 0 Å². The fourth-order valence-electron chi connectivity index (χ4n) is 1.77. The smallest absolute Gasteiger partial charge is 0.189 e. The van der Waals surface area contributed by atoms with Crippen molar-refractivity contribution in [2.45, 2.75) is 13.2 Å². The molecule has 0 aliphatic carbocycles. The molecular weight excluding hydrogens is 256 g/mol. The Labute approximate surface area is 118 Å². The fraction of sp³-hybridized carbons (Fsp3) is 0.250. The molecule has 2 aromatic carbocycles. The molecule has 106 valence electrons. The standard InChI is InChI=1S/C16H18O4/c1-18-16-9-14(10-17)7-8-15(16)20-12-19-11-13-5-3-2-4-6-13/h2-9,17H,10-12H2,1H3. The van der Waals surface area contributed by atoms with Gasteiger partial charge in [0.2, 0.25) is 0 Å². The van der Waals surface area contributed by atoms with Gasteiger partial charge < -0.3 is 19.3 Å². The van der Waals surface area contributed by atoms with Crippen molar-refractivity contribution in [1.82, 2.24) is 0 Å². The maximum absolute atomic E-state index is 9.07. The maximum atomic E-state index is 9.07. The SMILES string of the molecule is COc1cc(CO)ccc1OCOCc1ccccc1. The quantitative estimate of drug-likeness (QED) is 0.623. The molecule has 1 N–H and O–H groups in total. The van der Waals surface area contributed by atoms with Crippen molar-refractivity contribution in [1.29, 1.82) is 0 Å². The summed E-state index contributed by atoms with van der Waals surface area (Å²) in [4.78, 5) is 0. The average molecular weight is 274 g/mol. The van der Waals surface area contributed by atoms with E-state index in [1.165, 1.54) is 0 Å². The molecule has 0 bridgehead atoms. The Balaban J connectivity index is 1.85. The van der Waals surface area contributed by atoms with Crippen LogP contribution in [0.5, 0.6) is 11.5 Å². The van der Waals surface area contributed by atoms with E-state index >= 15 is 0 Å². The van der Waals surface area contributed by atoms with E-state index in [9.17, 15) is 0 Å². The Morgan fingerprint density at radius 2 is 1.75 bits per heavy atom. The molecule has 20 heavy (non-hydrogen) atoms. The van der Waals surface area contributed by atoms with Crippen LogP contribution in [0, 0.1) is 0 Å². The van der Waals surface area contributed by atoms with E-state index in [1.54, 1.807) is 25.3 Å². The Morgan fingerprint density at radius 1 is 0.950 bits per heavy atom. The van der Waals surface area contributed by atoms with Crippen molar-refractivity contribution < 1.29 is 19.3 Å².